The van der Waals surface area contributed by atoms with Crippen LogP contribution in [0.1, 0.15) is 10.4 Å². The number of rotatable bonds is 6. The summed E-state index contributed by atoms with van der Waals surface area (Å²) < 4.78 is 0. The van der Waals surface area contributed by atoms with Gasteiger partial charge in [0.15, 0.2) is 5.65 Å². The van der Waals surface area contributed by atoms with Gasteiger partial charge in [0.1, 0.15) is 11.3 Å². The maximum atomic E-state index is 13.2. The number of H-pyrrole nitrogens is 1. The lowest BCUT2D eigenvalue weighted by Crippen LogP contribution is -2.13. The van der Waals surface area contributed by atoms with Crippen LogP contribution < -0.4 is 10.6 Å². The Morgan fingerprint density at radius 1 is 0.718 bits per heavy atom. The van der Waals surface area contributed by atoms with Crippen molar-refractivity contribution in [3.63, 3.8) is 0 Å². The van der Waals surface area contributed by atoms with Gasteiger partial charge in [-0.15, -0.1) is 0 Å². The van der Waals surface area contributed by atoms with Gasteiger partial charge in [0, 0.05) is 32.5 Å². The summed E-state index contributed by atoms with van der Waals surface area (Å²) in [5.41, 5.74) is 6.92. The number of pyridine rings is 1. The van der Waals surface area contributed by atoms with Gasteiger partial charge in [-0.1, -0.05) is 53.5 Å². The summed E-state index contributed by atoms with van der Waals surface area (Å²) in [7, 11) is 0. The van der Waals surface area contributed by atoms with Crippen molar-refractivity contribution in [2.45, 2.75) is 0 Å². The molecule has 0 bridgehead atoms. The van der Waals surface area contributed by atoms with E-state index in [-0.39, 0.29) is 5.91 Å². The summed E-state index contributed by atoms with van der Waals surface area (Å²) >= 11 is 12.0. The Labute approximate surface area is 234 Å². The molecule has 6 nitrogen and oxygen atoms in total. The van der Waals surface area contributed by atoms with Crippen molar-refractivity contribution < 1.29 is 4.79 Å². The van der Waals surface area contributed by atoms with Crippen LogP contribution in [0.5, 0.6) is 0 Å². The number of benzene rings is 4. The minimum absolute atomic E-state index is 0.235. The molecule has 2 heterocycles. The molecule has 0 fully saturated rings. The smallest absolute Gasteiger partial charge is 0.256 e. The van der Waals surface area contributed by atoms with E-state index in [2.05, 4.69) is 20.6 Å². The standard InChI is InChI=1S/C31H21Cl2N5O/c32-21-9-5-19(6-10-21)26-3-1-2-4-27(26)31(39)36-25-17-28-30(34-18-25)38-29(37-28)20-7-13-23(14-8-20)35-24-15-11-22(33)12-16-24/h1-18,35H,(H,36,39)(H,34,37,38). The molecule has 190 valence electrons. The highest BCUT2D eigenvalue weighted by Crippen LogP contribution is 2.27. The highest BCUT2D eigenvalue weighted by molar-refractivity contribution is 6.31. The van der Waals surface area contributed by atoms with E-state index in [0.717, 1.165) is 28.1 Å². The Morgan fingerprint density at radius 3 is 2.05 bits per heavy atom. The average Bonchev–Trinajstić information content (AvgIpc) is 3.39. The zero-order valence-corrected chi connectivity index (χ0v) is 22.0. The van der Waals surface area contributed by atoms with Crippen LogP contribution >= 0.6 is 23.2 Å². The molecular weight excluding hydrogens is 529 g/mol. The van der Waals surface area contributed by atoms with Crippen molar-refractivity contribution in [1.82, 2.24) is 15.0 Å². The van der Waals surface area contributed by atoms with Crippen LogP contribution in [0.4, 0.5) is 17.1 Å². The molecule has 0 saturated carbocycles. The van der Waals surface area contributed by atoms with Crippen LogP contribution in [0.25, 0.3) is 33.7 Å². The number of aromatic nitrogens is 3. The lowest BCUT2D eigenvalue weighted by atomic mass is 9.99. The Hall–Kier alpha value is -4.65. The number of imidazole rings is 1. The lowest BCUT2D eigenvalue weighted by molar-refractivity contribution is 0.102. The van der Waals surface area contributed by atoms with E-state index in [4.69, 9.17) is 28.2 Å². The molecule has 6 aromatic rings. The van der Waals surface area contributed by atoms with E-state index in [1.807, 2.05) is 97.1 Å². The summed E-state index contributed by atoms with van der Waals surface area (Å²) in [6.07, 6.45) is 1.62. The number of halogens is 2. The molecule has 4 aromatic carbocycles. The number of aromatic amines is 1. The van der Waals surface area contributed by atoms with Crippen LogP contribution in [0.2, 0.25) is 10.0 Å². The molecule has 0 radical (unpaired) electrons. The largest absolute Gasteiger partial charge is 0.356 e. The van der Waals surface area contributed by atoms with Crippen molar-refractivity contribution in [2.75, 3.05) is 10.6 Å². The molecule has 0 spiro atoms. The maximum Gasteiger partial charge on any atom is 0.256 e. The van der Waals surface area contributed by atoms with E-state index in [1.54, 1.807) is 12.3 Å². The van der Waals surface area contributed by atoms with E-state index in [0.29, 0.717) is 38.3 Å². The monoisotopic (exact) mass is 549 g/mol. The average molecular weight is 550 g/mol. The van der Waals surface area contributed by atoms with Crippen molar-refractivity contribution in [1.29, 1.82) is 0 Å². The summed E-state index contributed by atoms with van der Waals surface area (Å²) in [5.74, 6) is 0.452. The van der Waals surface area contributed by atoms with Crippen LogP contribution in [0.15, 0.2) is 109 Å². The molecule has 1 amide bonds. The Kier molecular flexibility index (Phi) is 6.71. The number of hydrogen-bond acceptors (Lipinski definition) is 4. The van der Waals surface area contributed by atoms with Crippen molar-refractivity contribution in [2.24, 2.45) is 0 Å². The molecule has 0 aliphatic carbocycles. The fourth-order valence-electron chi connectivity index (χ4n) is 4.27. The second-order valence-corrected chi connectivity index (χ2v) is 9.77. The number of anilines is 3. The highest BCUT2D eigenvalue weighted by Gasteiger charge is 2.14. The number of nitrogens with zero attached hydrogens (tertiary/aromatic N) is 2. The van der Waals surface area contributed by atoms with Crippen LogP contribution in [-0.4, -0.2) is 20.9 Å². The van der Waals surface area contributed by atoms with E-state index < -0.39 is 0 Å². The van der Waals surface area contributed by atoms with Gasteiger partial charge in [0.25, 0.3) is 5.91 Å². The normalized spacial score (nSPS) is 10.9. The molecule has 8 heteroatoms. The molecule has 2 aromatic heterocycles. The van der Waals surface area contributed by atoms with Gasteiger partial charge in [-0.25, -0.2) is 9.97 Å². The number of nitrogens with one attached hydrogen (secondary N) is 3. The Bertz CT molecular complexity index is 1780. The van der Waals surface area contributed by atoms with Gasteiger partial charge in [-0.3, -0.25) is 4.79 Å². The molecule has 3 N–H and O–H groups in total. The molecule has 0 saturated heterocycles. The Morgan fingerprint density at radius 2 is 1.33 bits per heavy atom. The van der Waals surface area contributed by atoms with Crippen molar-refractivity contribution in [3.8, 4) is 22.5 Å². The zero-order valence-electron chi connectivity index (χ0n) is 20.5. The molecular formula is C31H21Cl2N5O. The van der Waals surface area contributed by atoms with Gasteiger partial charge in [0.05, 0.1) is 11.9 Å². The molecule has 0 unspecified atom stereocenters. The topological polar surface area (TPSA) is 82.7 Å². The third-order valence-electron chi connectivity index (χ3n) is 6.21. The Balaban J connectivity index is 1.20. The first-order valence-corrected chi connectivity index (χ1v) is 12.9. The highest BCUT2D eigenvalue weighted by atomic mass is 35.5. The van der Waals surface area contributed by atoms with E-state index >= 15 is 0 Å². The molecule has 0 aliphatic heterocycles. The summed E-state index contributed by atoms with van der Waals surface area (Å²) in [5, 5.41) is 7.64. The number of carbonyl (C=O) groups is 1. The number of fused-ring (bicyclic) bond motifs is 1. The van der Waals surface area contributed by atoms with Crippen molar-refractivity contribution >= 4 is 57.3 Å². The molecule has 0 aliphatic rings. The number of carbonyl (C=O) groups excluding carboxylic acids is 1. The fraction of sp³-hybridized carbons (Fsp3) is 0. The molecule has 39 heavy (non-hydrogen) atoms. The van der Waals surface area contributed by atoms with Gasteiger partial charge in [-0.2, -0.15) is 0 Å². The molecule has 0 atom stereocenters. The van der Waals surface area contributed by atoms with E-state index in [9.17, 15) is 4.79 Å². The third-order valence-corrected chi connectivity index (χ3v) is 6.72. The first-order chi connectivity index (χ1) is 19.0. The van der Waals surface area contributed by atoms with Crippen LogP contribution in [-0.2, 0) is 0 Å². The third kappa shape index (κ3) is 5.48. The minimum Gasteiger partial charge on any atom is -0.356 e. The van der Waals surface area contributed by atoms with Crippen LogP contribution in [0, 0.1) is 0 Å². The predicted octanol–water partition coefficient (Wildman–Crippen LogP) is 8.59. The van der Waals surface area contributed by atoms with Gasteiger partial charge in [-0.05, 0) is 83.9 Å². The second-order valence-electron chi connectivity index (χ2n) is 8.89. The summed E-state index contributed by atoms with van der Waals surface area (Å²) in [6.45, 7) is 0. The van der Waals surface area contributed by atoms with Crippen molar-refractivity contribution in [3.05, 3.63) is 125 Å². The van der Waals surface area contributed by atoms with Crippen LogP contribution in [0.3, 0.4) is 0 Å². The first kappa shape index (κ1) is 24.7. The summed E-state index contributed by atoms with van der Waals surface area (Å²) in [4.78, 5) is 25.6. The van der Waals surface area contributed by atoms with E-state index in [1.165, 1.54) is 0 Å². The SMILES string of the molecule is O=C(Nc1cnc2[nH]c(-c3ccc(Nc4ccc(Cl)cc4)cc3)nc2c1)c1ccccc1-c1ccc(Cl)cc1. The number of amides is 1. The molecule has 6 rings (SSSR count). The zero-order chi connectivity index (χ0) is 26.8. The fourth-order valence-corrected chi connectivity index (χ4v) is 4.52. The second kappa shape index (κ2) is 10.6. The lowest BCUT2D eigenvalue weighted by Gasteiger charge is -2.10. The quantitative estimate of drug-likeness (QED) is 0.194. The van der Waals surface area contributed by atoms with Gasteiger partial charge >= 0.3 is 0 Å². The minimum atomic E-state index is -0.235. The maximum absolute atomic E-state index is 13.2. The number of hydrogen-bond donors (Lipinski definition) is 3. The van der Waals surface area contributed by atoms with Gasteiger partial charge < -0.3 is 15.6 Å². The summed E-state index contributed by atoms with van der Waals surface area (Å²) in [6, 6.07) is 32.1. The predicted molar refractivity (Wildman–Crippen MR) is 159 cm³/mol. The first-order valence-electron chi connectivity index (χ1n) is 12.2. The van der Waals surface area contributed by atoms with Gasteiger partial charge in [0.2, 0.25) is 0 Å².